The van der Waals surface area contributed by atoms with Crippen molar-refractivity contribution in [3.8, 4) is 16.9 Å². The van der Waals surface area contributed by atoms with Crippen LogP contribution in [-0.2, 0) is 9.09 Å². The SMILES string of the molecule is CC(C)=C1C=CC=C2OP(=O)(O)Oc3ccccc3-c3ccc(cc3)C21. The maximum absolute atomic E-state index is 12.7. The predicted molar refractivity (Wildman–Crippen MR) is 102 cm³/mol. The number of para-hydroxylation sites is 1. The van der Waals surface area contributed by atoms with Gasteiger partial charge < -0.3 is 9.05 Å². The summed E-state index contributed by atoms with van der Waals surface area (Å²) >= 11 is 0. The van der Waals surface area contributed by atoms with Gasteiger partial charge in [0.2, 0.25) is 0 Å². The third-order valence-corrected chi connectivity index (χ3v) is 5.45. The van der Waals surface area contributed by atoms with Crippen LogP contribution >= 0.6 is 7.82 Å². The summed E-state index contributed by atoms with van der Waals surface area (Å²) in [4.78, 5) is 10.4. The van der Waals surface area contributed by atoms with Gasteiger partial charge in [-0.2, -0.15) is 0 Å². The van der Waals surface area contributed by atoms with Gasteiger partial charge in [-0.25, -0.2) is 4.57 Å². The zero-order valence-corrected chi connectivity index (χ0v) is 15.4. The third-order valence-electron chi connectivity index (χ3n) is 4.59. The number of rotatable bonds is 0. The van der Waals surface area contributed by atoms with Crippen molar-refractivity contribution in [2.24, 2.45) is 0 Å². The lowest BCUT2D eigenvalue weighted by molar-refractivity contribution is 0.241. The van der Waals surface area contributed by atoms with Gasteiger partial charge in [-0.15, -0.1) is 0 Å². The van der Waals surface area contributed by atoms with Gasteiger partial charge in [0.25, 0.3) is 0 Å². The summed E-state index contributed by atoms with van der Waals surface area (Å²) < 4.78 is 23.6. The Bertz CT molecular complexity index is 995. The fourth-order valence-corrected chi connectivity index (χ4v) is 4.27. The number of fused-ring (bicyclic) bond motifs is 4. The molecule has 0 spiro atoms. The predicted octanol–water partition coefficient (Wildman–Crippen LogP) is 5.74. The maximum Gasteiger partial charge on any atom is 0.584 e. The molecule has 2 unspecified atom stereocenters. The summed E-state index contributed by atoms with van der Waals surface area (Å²) in [7, 11) is -4.33. The first-order valence-electron chi connectivity index (χ1n) is 8.41. The van der Waals surface area contributed by atoms with Gasteiger partial charge in [-0.1, -0.05) is 60.2 Å². The molecule has 2 atom stereocenters. The molecule has 5 rings (SSSR count). The number of hydrogen-bond donors (Lipinski definition) is 1. The second-order valence-electron chi connectivity index (χ2n) is 6.59. The van der Waals surface area contributed by atoms with E-state index < -0.39 is 7.82 Å². The van der Waals surface area contributed by atoms with Crippen LogP contribution in [0.15, 0.2) is 83.7 Å². The van der Waals surface area contributed by atoms with Crippen LogP contribution in [0.25, 0.3) is 11.1 Å². The van der Waals surface area contributed by atoms with E-state index in [0.717, 1.165) is 27.8 Å². The standard InChI is InChI=1S/C21H19O4P/c1-14(2)17-7-5-9-20-21(17)16-12-10-15(11-13-16)18-6-3-4-8-19(18)24-26(22,23)25-20/h3-13,21H,1-2H3,(H,22,23). The lowest BCUT2D eigenvalue weighted by atomic mass is 9.83. The molecule has 1 N–H and O–H groups in total. The third kappa shape index (κ3) is 3.03. The molecule has 3 aliphatic rings. The highest BCUT2D eigenvalue weighted by Crippen LogP contribution is 2.53. The number of benzene rings is 2. The molecule has 132 valence electrons. The van der Waals surface area contributed by atoms with Gasteiger partial charge in [0.05, 0.1) is 5.92 Å². The van der Waals surface area contributed by atoms with E-state index in [-0.39, 0.29) is 5.92 Å². The van der Waals surface area contributed by atoms with E-state index >= 15 is 0 Å². The van der Waals surface area contributed by atoms with Gasteiger partial charge in [0.15, 0.2) is 0 Å². The second kappa shape index (κ2) is 6.31. The summed E-state index contributed by atoms with van der Waals surface area (Å²) in [5.41, 5.74) is 4.83. The Balaban J connectivity index is 1.95. The Morgan fingerprint density at radius 1 is 1.04 bits per heavy atom. The minimum absolute atomic E-state index is 0.246. The van der Waals surface area contributed by atoms with Crippen LogP contribution < -0.4 is 4.52 Å². The number of phosphoric acid groups is 1. The zero-order valence-electron chi connectivity index (χ0n) is 14.5. The average Bonchev–Trinajstić information content (AvgIpc) is 2.64. The Morgan fingerprint density at radius 3 is 2.50 bits per heavy atom. The van der Waals surface area contributed by atoms with Crippen LogP contribution in [0.4, 0.5) is 0 Å². The monoisotopic (exact) mass is 366 g/mol. The Labute approximate surface area is 152 Å². The first-order chi connectivity index (χ1) is 12.4. The molecule has 0 amide bonds. The van der Waals surface area contributed by atoms with E-state index in [1.165, 1.54) is 0 Å². The van der Waals surface area contributed by atoms with E-state index in [9.17, 15) is 9.46 Å². The Hall–Kier alpha value is -2.55. The minimum Gasteiger partial charge on any atom is -0.399 e. The Morgan fingerprint density at radius 2 is 1.77 bits per heavy atom. The minimum atomic E-state index is -4.33. The first-order valence-corrected chi connectivity index (χ1v) is 9.91. The first kappa shape index (κ1) is 16.9. The van der Waals surface area contributed by atoms with Gasteiger partial charge in [0, 0.05) is 5.56 Å². The van der Waals surface area contributed by atoms with E-state index in [1.54, 1.807) is 18.2 Å². The van der Waals surface area contributed by atoms with E-state index in [1.807, 2.05) is 62.4 Å². The molecule has 2 aromatic carbocycles. The van der Waals surface area contributed by atoms with Gasteiger partial charge in [-0.3, -0.25) is 4.89 Å². The van der Waals surface area contributed by atoms with Gasteiger partial charge in [-0.05, 0) is 42.7 Å². The van der Waals surface area contributed by atoms with Crippen molar-refractivity contribution in [3.05, 3.63) is 89.2 Å². The average molecular weight is 366 g/mol. The smallest absolute Gasteiger partial charge is 0.399 e. The van der Waals surface area contributed by atoms with Crippen LogP contribution in [0.3, 0.4) is 0 Å². The molecule has 0 saturated heterocycles. The highest BCUT2D eigenvalue weighted by atomic mass is 31.2. The van der Waals surface area contributed by atoms with Crippen molar-refractivity contribution >= 4 is 7.82 Å². The lowest BCUT2D eigenvalue weighted by Gasteiger charge is -2.26. The number of hydrogen-bond acceptors (Lipinski definition) is 3. The molecule has 2 heterocycles. The molecule has 5 heteroatoms. The molecule has 2 aliphatic heterocycles. The summed E-state index contributed by atoms with van der Waals surface area (Å²) in [5.74, 6) is 0.477. The molecule has 0 aromatic heterocycles. The van der Waals surface area contributed by atoms with Crippen LogP contribution in [0.1, 0.15) is 25.3 Å². The van der Waals surface area contributed by atoms with Crippen molar-refractivity contribution < 1.29 is 18.5 Å². The highest BCUT2D eigenvalue weighted by Gasteiger charge is 2.34. The van der Waals surface area contributed by atoms with E-state index in [2.05, 4.69) is 0 Å². The zero-order chi connectivity index (χ0) is 18.3. The van der Waals surface area contributed by atoms with Crippen LogP contribution in [0, 0.1) is 0 Å². The van der Waals surface area contributed by atoms with Crippen molar-refractivity contribution in [2.75, 3.05) is 0 Å². The fraction of sp³-hybridized carbons (Fsp3) is 0.143. The molecule has 4 nitrogen and oxygen atoms in total. The molecule has 0 radical (unpaired) electrons. The molecule has 0 fully saturated rings. The summed E-state index contributed by atoms with van der Waals surface area (Å²) in [6.45, 7) is 4.04. The van der Waals surface area contributed by atoms with Crippen LogP contribution in [0.5, 0.6) is 5.75 Å². The summed E-state index contributed by atoms with van der Waals surface area (Å²) in [6, 6.07) is 15.2. The molecular formula is C21H19O4P. The Kier molecular flexibility index (Phi) is 4.10. The second-order valence-corrected chi connectivity index (χ2v) is 7.89. The van der Waals surface area contributed by atoms with Gasteiger partial charge >= 0.3 is 7.82 Å². The van der Waals surface area contributed by atoms with Crippen molar-refractivity contribution in [2.45, 2.75) is 19.8 Å². The quantitative estimate of drug-likeness (QED) is 0.604. The molecular weight excluding hydrogens is 347 g/mol. The molecule has 0 saturated carbocycles. The molecule has 26 heavy (non-hydrogen) atoms. The largest absolute Gasteiger partial charge is 0.584 e. The lowest BCUT2D eigenvalue weighted by Crippen LogP contribution is -2.12. The van der Waals surface area contributed by atoms with Crippen LogP contribution in [0.2, 0.25) is 0 Å². The number of allylic oxidation sites excluding steroid dienone is 5. The fourth-order valence-electron chi connectivity index (χ4n) is 3.39. The summed E-state index contributed by atoms with van der Waals surface area (Å²) in [6.07, 6.45) is 5.56. The van der Waals surface area contributed by atoms with Gasteiger partial charge in [0.1, 0.15) is 11.5 Å². The van der Waals surface area contributed by atoms with Crippen molar-refractivity contribution in [3.63, 3.8) is 0 Å². The highest BCUT2D eigenvalue weighted by molar-refractivity contribution is 7.48. The topological polar surface area (TPSA) is 55.8 Å². The molecule has 2 aromatic rings. The van der Waals surface area contributed by atoms with Crippen LogP contribution in [-0.4, -0.2) is 4.89 Å². The van der Waals surface area contributed by atoms with Crippen molar-refractivity contribution in [1.82, 2.24) is 0 Å². The molecule has 1 aliphatic carbocycles. The summed E-state index contributed by atoms with van der Waals surface area (Å²) in [5, 5.41) is 0. The van der Waals surface area contributed by atoms with E-state index in [0.29, 0.717) is 11.5 Å². The van der Waals surface area contributed by atoms with E-state index in [4.69, 9.17) is 9.05 Å². The normalized spacial score (nSPS) is 23.7. The number of phosphoric ester groups is 1. The molecule has 2 bridgehead atoms. The van der Waals surface area contributed by atoms with Crippen molar-refractivity contribution in [1.29, 1.82) is 0 Å². The maximum atomic E-state index is 12.7.